The molecule has 0 aliphatic rings. The number of nitrogens with zero attached hydrogens (tertiary/aromatic N) is 2. The molecule has 0 saturated heterocycles. The molecule has 0 bridgehead atoms. The molecule has 3 aromatic heterocycles. The van der Waals surface area contributed by atoms with Gasteiger partial charge in [0.05, 0.1) is 0 Å². The summed E-state index contributed by atoms with van der Waals surface area (Å²) in [7, 11) is 2.19. The maximum absolute atomic E-state index is 2.58. The van der Waals surface area contributed by atoms with Crippen LogP contribution in [0.3, 0.4) is 0 Å². The molecule has 0 fully saturated rings. The Labute approximate surface area is 185 Å². The van der Waals surface area contributed by atoms with Gasteiger partial charge in [-0.15, -0.1) is 0 Å². The van der Waals surface area contributed by atoms with E-state index in [0.29, 0.717) is 0 Å². The minimum absolute atomic E-state index is 1.34. The number of fused-ring (bicyclic) bond motifs is 5. The van der Waals surface area contributed by atoms with Crippen LogP contribution in [0, 0.1) is 20.8 Å². The fourth-order valence-electron chi connectivity index (χ4n) is 5.40. The SMILES string of the molecule is Cc1cc2c3ccc(C)c4c3n(c2cc1C)c1c[c]([Ge]([CH3])([CH3])[CH3])cc2cc[n+](C)c4c21. The average molecular weight is 466 g/mol. The molecular weight excluding hydrogens is 437 g/mol. The van der Waals surface area contributed by atoms with E-state index in [4.69, 9.17) is 0 Å². The van der Waals surface area contributed by atoms with Crippen molar-refractivity contribution in [3.8, 4) is 0 Å². The molecule has 0 N–H and O–H groups in total. The van der Waals surface area contributed by atoms with Gasteiger partial charge in [-0.3, -0.25) is 0 Å². The maximum atomic E-state index is 2.58. The van der Waals surface area contributed by atoms with Crippen molar-refractivity contribution >= 4 is 66.7 Å². The van der Waals surface area contributed by atoms with Crippen LogP contribution in [0.1, 0.15) is 16.7 Å². The zero-order valence-electron chi connectivity index (χ0n) is 19.5. The first-order chi connectivity index (χ1) is 14.7. The Kier molecular flexibility index (Phi) is 3.71. The Balaban J connectivity index is 2.06. The number of hydrogen-bond donors (Lipinski definition) is 0. The Hall–Kier alpha value is -2.59. The van der Waals surface area contributed by atoms with Crippen LogP contribution in [0.4, 0.5) is 0 Å². The molecule has 6 aromatic rings. The number of pyridine rings is 2. The second kappa shape index (κ2) is 6.01. The molecular formula is C28H29GeN2+. The van der Waals surface area contributed by atoms with Gasteiger partial charge in [0.25, 0.3) is 0 Å². The van der Waals surface area contributed by atoms with E-state index in [1.807, 2.05) is 0 Å². The summed E-state index contributed by atoms with van der Waals surface area (Å²) < 4.78 is 6.47. The standard InChI is InChI=1S/C28H29GeN2/c1-16-8-9-21-22-12-17(2)18(3)13-23(22)31-24-15-20(29(4,5)6)14-19-10-11-30(7)28(26(19)24)25(16)27(21)31/h8-15H,1-7H3/q+1. The molecule has 0 radical (unpaired) electrons. The van der Waals surface area contributed by atoms with Gasteiger partial charge in [0.2, 0.25) is 0 Å². The molecule has 0 saturated carbocycles. The minimum atomic E-state index is -2.03. The third kappa shape index (κ3) is 2.43. The molecule has 31 heavy (non-hydrogen) atoms. The summed E-state index contributed by atoms with van der Waals surface area (Å²) in [5, 5.41) is 6.87. The zero-order valence-corrected chi connectivity index (χ0v) is 21.6. The van der Waals surface area contributed by atoms with Crippen LogP contribution in [-0.2, 0) is 7.05 Å². The first-order valence-electron chi connectivity index (χ1n) is 11.2. The topological polar surface area (TPSA) is 8.29 Å². The summed E-state index contributed by atoms with van der Waals surface area (Å²) in [4.78, 5) is 0. The van der Waals surface area contributed by atoms with Crippen LogP contribution in [0.5, 0.6) is 0 Å². The quantitative estimate of drug-likeness (QED) is 0.117. The van der Waals surface area contributed by atoms with Crippen LogP contribution >= 0.6 is 0 Å². The van der Waals surface area contributed by atoms with Gasteiger partial charge in [-0.1, -0.05) is 0 Å². The van der Waals surface area contributed by atoms with E-state index in [2.05, 4.69) is 103 Å². The van der Waals surface area contributed by atoms with Crippen molar-refractivity contribution in [1.82, 2.24) is 4.40 Å². The number of hydrogen-bond acceptors (Lipinski definition) is 0. The molecule has 0 spiro atoms. The molecule has 0 aliphatic carbocycles. The molecule has 2 nitrogen and oxygen atoms in total. The van der Waals surface area contributed by atoms with E-state index in [0.717, 1.165) is 0 Å². The first kappa shape index (κ1) is 19.1. The predicted octanol–water partition coefficient (Wildman–Crippen LogP) is 6.28. The van der Waals surface area contributed by atoms with Gasteiger partial charge < -0.3 is 0 Å². The molecule has 6 rings (SSSR count). The van der Waals surface area contributed by atoms with Crippen LogP contribution in [0.25, 0.3) is 49.0 Å². The number of aromatic nitrogens is 2. The van der Waals surface area contributed by atoms with Crippen LogP contribution in [-0.4, -0.2) is 17.7 Å². The first-order valence-corrected chi connectivity index (χ1v) is 18.5. The third-order valence-electron chi connectivity index (χ3n) is 7.31. The van der Waals surface area contributed by atoms with E-state index >= 15 is 0 Å². The van der Waals surface area contributed by atoms with Crippen molar-refractivity contribution < 1.29 is 4.57 Å². The van der Waals surface area contributed by atoms with Gasteiger partial charge in [-0.2, -0.15) is 0 Å². The zero-order chi connectivity index (χ0) is 21.8. The van der Waals surface area contributed by atoms with Crippen molar-refractivity contribution in [2.45, 2.75) is 38.0 Å². The summed E-state index contributed by atoms with van der Waals surface area (Å²) in [6, 6.07) is 16.7. The van der Waals surface area contributed by atoms with Crippen molar-refractivity contribution in [2.75, 3.05) is 0 Å². The van der Waals surface area contributed by atoms with E-state index in [9.17, 15) is 0 Å². The molecule has 3 aromatic carbocycles. The van der Waals surface area contributed by atoms with Crippen molar-refractivity contribution in [2.24, 2.45) is 7.05 Å². The van der Waals surface area contributed by atoms with Gasteiger partial charge in [-0.25, -0.2) is 0 Å². The fraction of sp³-hybridized carbons (Fsp3) is 0.250. The average Bonchev–Trinajstić information content (AvgIpc) is 3.01. The van der Waals surface area contributed by atoms with E-state index < -0.39 is 13.3 Å². The second-order valence-corrected chi connectivity index (χ2v) is 21.1. The molecule has 0 amide bonds. The Morgan fingerprint density at radius 2 is 1.48 bits per heavy atom. The van der Waals surface area contributed by atoms with Gasteiger partial charge in [0, 0.05) is 0 Å². The molecule has 0 aliphatic heterocycles. The van der Waals surface area contributed by atoms with Crippen LogP contribution in [0.15, 0.2) is 48.7 Å². The summed E-state index contributed by atoms with van der Waals surface area (Å²) in [6.45, 7) is 6.72. The number of benzene rings is 3. The van der Waals surface area contributed by atoms with E-state index in [1.165, 1.54) is 65.7 Å². The van der Waals surface area contributed by atoms with Gasteiger partial charge in [0.15, 0.2) is 0 Å². The second-order valence-electron chi connectivity index (χ2n) is 10.4. The third-order valence-corrected chi connectivity index (χ3v) is 11.6. The number of aryl methyl sites for hydroxylation is 4. The Morgan fingerprint density at radius 1 is 0.742 bits per heavy atom. The van der Waals surface area contributed by atoms with Crippen molar-refractivity contribution in [3.63, 3.8) is 0 Å². The van der Waals surface area contributed by atoms with E-state index in [1.54, 1.807) is 4.40 Å². The van der Waals surface area contributed by atoms with E-state index in [-0.39, 0.29) is 0 Å². The summed E-state index contributed by atoms with van der Waals surface area (Å²) in [5.41, 5.74) is 9.48. The summed E-state index contributed by atoms with van der Waals surface area (Å²) in [5.74, 6) is 7.49. The molecule has 0 atom stereocenters. The Morgan fingerprint density at radius 3 is 2.23 bits per heavy atom. The fourth-order valence-corrected chi connectivity index (χ4v) is 7.83. The molecule has 0 unspecified atom stereocenters. The molecule has 3 heteroatoms. The molecule has 154 valence electrons. The number of rotatable bonds is 1. The van der Waals surface area contributed by atoms with Crippen molar-refractivity contribution in [1.29, 1.82) is 0 Å². The predicted molar refractivity (Wildman–Crippen MR) is 137 cm³/mol. The van der Waals surface area contributed by atoms with Gasteiger partial charge >= 0.3 is 186 Å². The normalized spacial score (nSPS) is 13.0. The monoisotopic (exact) mass is 467 g/mol. The summed E-state index contributed by atoms with van der Waals surface area (Å²) >= 11 is -2.03. The van der Waals surface area contributed by atoms with Crippen LogP contribution in [0.2, 0.25) is 17.3 Å². The van der Waals surface area contributed by atoms with Crippen molar-refractivity contribution in [3.05, 3.63) is 65.4 Å². The molecule has 3 heterocycles. The van der Waals surface area contributed by atoms with Gasteiger partial charge in [0.1, 0.15) is 0 Å². The summed E-state index contributed by atoms with van der Waals surface area (Å²) in [6.07, 6.45) is 2.24. The van der Waals surface area contributed by atoms with Gasteiger partial charge in [-0.05, 0) is 0 Å². The van der Waals surface area contributed by atoms with Crippen LogP contribution < -0.4 is 8.96 Å². The Bertz CT molecular complexity index is 1700.